The number of alkyl halides is 3. The van der Waals surface area contributed by atoms with Crippen LogP contribution in [0.15, 0.2) is 22.7 Å². The molecule has 0 aliphatic heterocycles. The highest BCUT2D eigenvalue weighted by Crippen LogP contribution is 2.54. The summed E-state index contributed by atoms with van der Waals surface area (Å²) < 4.78 is 40.5. The number of carbonyl (C=O) groups excluding carboxylic acids is 1. The van der Waals surface area contributed by atoms with E-state index in [2.05, 4.69) is 26.0 Å². The summed E-state index contributed by atoms with van der Waals surface area (Å²) in [5.41, 5.74) is 0.460. The van der Waals surface area contributed by atoms with Crippen LogP contribution in [0.1, 0.15) is 19.3 Å². The first kappa shape index (κ1) is 14.7. The molecule has 2 aliphatic rings. The topological polar surface area (TPSA) is 38.3 Å². The molecule has 2 aliphatic carbocycles. The van der Waals surface area contributed by atoms with Crippen molar-refractivity contribution < 1.29 is 22.7 Å². The zero-order chi connectivity index (χ0) is 15.2. The molecule has 3 nitrogen and oxygen atoms in total. The number of hydrogen-bond donors (Lipinski definition) is 1. The molecule has 3 rings (SSSR count). The van der Waals surface area contributed by atoms with Gasteiger partial charge < -0.3 is 10.1 Å². The summed E-state index contributed by atoms with van der Waals surface area (Å²) in [5, 5.41) is 2.75. The lowest BCUT2D eigenvalue weighted by Gasteiger charge is -2.14. The molecular weight excluding hydrogens is 351 g/mol. The van der Waals surface area contributed by atoms with Crippen molar-refractivity contribution in [2.24, 2.45) is 17.8 Å². The molecule has 0 heterocycles. The number of hydrogen-bond acceptors (Lipinski definition) is 2. The molecule has 1 aromatic carbocycles. The van der Waals surface area contributed by atoms with Gasteiger partial charge in [0.1, 0.15) is 5.75 Å². The normalized spacial score (nSPS) is 27.1. The zero-order valence-corrected chi connectivity index (χ0v) is 12.5. The minimum Gasteiger partial charge on any atom is -0.405 e. The van der Waals surface area contributed by atoms with Gasteiger partial charge in [-0.25, -0.2) is 0 Å². The van der Waals surface area contributed by atoms with Gasteiger partial charge in [-0.05, 0) is 65.2 Å². The fourth-order valence-electron chi connectivity index (χ4n) is 2.96. The second kappa shape index (κ2) is 5.19. The van der Waals surface area contributed by atoms with Crippen LogP contribution in [0.2, 0.25) is 0 Å². The summed E-state index contributed by atoms with van der Waals surface area (Å²) in [6.07, 6.45) is -1.66. The van der Waals surface area contributed by atoms with Gasteiger partial charge in [-0.3, -0.25) is 4.79 Å². The number of fused-ring (bicyclic) bond motifs is 1. The Balaban J connectivity index is 1.63. The van der Waals surface area contributed by atoms with Crippen LogP contribution >= 0.6 is 15.9 Å². The maximum atomic E-state index is 12.2. The van der Waals surface area contributed by atoms with Crippen LogP contribution in [-0.4, -0.2) is 12.3 Å². The summed E-state index contributed by atoms with van der Waals surface area (Å²) in [6, 6.07) is 3.99. The van der Waals surface area contributed by atoms with E-state index in [0.717, 1.165) is 12.8 Å². The SMILES string of the molecule is O=C(Nc1ccc(OC(F)(F)F)c(Br)c1)C1CC2CC2C1. The Bertz CT molecular complexity index is 566. The second-order valence-electron chi connectivity index (χ2n) is 5.61. The molecule has 0 spiro atoms. The third-order valence-corrected chi connectivity index (χ3v) is 4.66. The summed E-state index contributed by atoms with van der Waals surface area (Å²) in [4.78, 5) is 12.1. The molecule has 2 fully saturated rings. The van der Waals surface area contributed by atoms with Gasteiger partial charge in [-0.2, -0.15) is 0 Å². The van der Waals surface area contributed by atoms with E-state index in [0.29, 0.717) is 17.5 Å². The van der Waals surface area contributed by atoms with Crippen LogP contribution < -0.4 is 10.1 Å². The Labute approximate surface area is 128 Å². The zero-order valence-electron chi connectivity index (χ0n) is 10.9. The van der Waals surface area contributed by atoms with E-state index >= 15 is 0 Å². The number of rotatable bonds is 3. The Morgan fingerprint density at radius 3 is 2.48 bits per heavy atom. The average Bonchev–Trinajstić information content (AvgIpc) is 2.98. The number of halogens is 4. The molecule has 2 saturated carbocycles. The first-order valence-corrected chi connectivity index (χ1v) is 7.47. The van der Waals surface area contributed by atoms with Crippen molar-refractivity contribution in [1.82, 2.24) is 0 Å². The van der Waals surface area contributed by atoms with Gasteiger partial charge in [0.15, 0.2) is 0 Å². The molecule has 1 amide bonds. The minimum absolute atomic E-state index is 0.0265. The minimum atomic E-state index is -4.74. The van der Waals surface area contributed by atoms with Crippen LogP contribution in [0.3, 0.4) is 0 Å². The number of benzene rings is 1. The molecular formula is C14H13BrF3NO2. The lowest BCUT2D eigenvalue weighted by Crippen LogP contribution is -2.21. The van der Waals surface area contributed by atoms with Gasteiger partial charge in [0.25, 0.3) is 0 Å². The third-order valence-electron chi connectivity index (χ3n) is 4.04. The van der Waals surface area contributed by atoms with Crippen molar-refractivity contribution in [3.8, 4) is 5.75 Å². The molecule has 0 aromatic heterocycles. The van der Waals surface area contributed by atoms with Gasteiger partial charge in [-0.15, -0.1) is 13.2 Å². The molecule has 0 bridgehead atoms. The van der Waals surface area contributed by atoms with E-state index < -0.39 is 6.36 Å². The van der Waals surface area contributed by atoms with Gasteiger partial charge >= 0.3 is 6.36 Å². The molecule has 21 heavy (non-hydrogen) atoms. The highest BCUT2D eigenvalue weighted by Gasteiger charge is 2.48. The summed E-state index contributed by atoms with van der Waals surface area (Å²) >= 11 is 3.01. The molecule has 0 radical (unpaired) electrons. The maximum absolute atomic E-state index is 12.2. The van der Waals surface area contributed by atoms with Crippen molar-refractivity contribution in [3.63, 3.8) is 0 Å². The van der Waals surface area contributed by atoms with Crippen molar-refractivity contribution in [1.29, 1.82) is 0 Å². The van der Waals surface area contributed by atoms with Crippen LogP contribution in [0, 0.1) is 17.8 Å². The van der Waals surface area contributed by atoms with E-state index in [1.54, 1.807) is 0 Å². The average molecular weight is 364 g/mol. The molecule has 1 N–H and O–H groups in total. The number of ether oxygens (including phenoxy) is 1. The van der Waals surface area contributed by atoms with E-state index in [4.69, 9.17) is 0 Å². The Morgan fingerprint density at radius 1 is 1.24 bits per heavy atom. The Hall–Kier alpha value is -1.24. The lowest BCUT2D eigenvalue weighted by atomic mass is 10.0. The van der Waals surface area contributed by atoms with Crippen molar-refractivity contribution in [2.75, 3.05) is 5.32 Å². The molecule has 0 saturated heterocycles. The fraction of sp³-hybridized carbons (Fsp3) is 0.500. The molecule has 2 atom stereocenters. The van der Waals surface area contributed by atoms with Crippen molar-refractivity contribution in [2.45, 2.75) is 25.6 Å². The third kappa shape index (κ3) is 3.51. The van der Waals surface area contributed by atoms with Gasteiger partial charge in [-0.1, -0.05) is 0 Å². The lowest BCUT2D eigenvalue weighted by molar-refractivity contribution is -0.274. The van der Waals surface area contributed by atoms with Gasteiger partial charge in [0.05, 0.1) is 4.47 Å². The number of anilines is 1. The van der Waals surface area contributed by atoms with Crippen LogP contribution in [0.25, 0.3) is 0 Å². The fourth-order valence-corrected chi connectivity index (χ4v) is 3.42. The summed E-state index contributed by atoms with van der Waals surface area (Å²) in [7, 11) is 0. The van der Waals surface area contributed by atoms with Crippen molar-refractivity contribution >= 4 is 27.5 Å². The van der Waals surface area contributed by atoms with Gasteiger partial charge in [0.2, 0.25) is 5.91 Å². The predicted molar refractivity (Wildman–Crippen MR) is 73.8 cm³/mol. The standard InChI is InChI=1S/C14H13BrF3NO2/c15-11-6-10(1-2-12(11)21-14(16,17)18)19-13(20)9-4-7-3-8(7)5-9/h1-2,6-9H,3-5H2,(H,19,20). The summed E-state index contributed by atoms with van der Waals surface area (Å²) in [6.45, 7) is 0. The van der Waals surface area contributed by atoms with Crippen LogP contribution in [-0.2, 0) is 4.79 Å². The predicted octanol–water partition coefficient (Wildman–Crippen LogP) is 4.33. The highest BCUT2D eigenvalue weighted by molar-refractivity contribution is 9.10. The van der Waals surface area contributed by atoms with E-state index in [1.165, 1.54) is 24.6 Å². The van der Waals surface area contributed by atoms with E-state index in [1.807, 2.05) is 0 Å². The summed E-state index contributed by atoms with van der Waals surface area (Å²) in [5.74, 6) is 1.05. The quantitative estimate of drug-likeness (QED) is 0.867. The van der Waals surface area contributed by atoms with Crippen molar-refractivity contribution in [3.05, 3.63) is 22.7 Å². The molecule has 114 valence electrons. The maximum Gasteiger partial charge on any atom is 0.573 e. The van der Waals surface area contributed by atoms with Crippen LogP contribution in [0.5, 0.6) is 5.75 Å². The molecule has 7 heteroatoms. The molecule has 1 aromatic rings. The smallest absolute Gasteiger partial charge is 0.405 e. The number of amides is 1. The number of nitrogens with one attached hydrogen (secondary N) is 1. The Kier molecular flexibility index (Phi) is 3.63. The highest BCUT2D eigenvalue weighted by atomic mass is 79.9. The van der Waals surface area contributed by atoms with E-state index in [-0.39, 0.29) is 22.0 Å². The number of carbonyl (C=O) groups is 1. The molecule has 2 unspecified atom stereocenters. The van der Waals surface area contributed by atoms with Gasteiger partial charge in [0, 0.05) is 11.6 Å². The second-order valence-corrected chi connectivity index (χ2v) is 6.46. The first-order valence-electron chi connectivity index (χ1n) is 6.68. The largest absolute Gasteiger partial charge is 0.573 e. The monoisotopic (exact) mass is 363 g/mol. The first-order chi connectivity index (χ1) is 9.82. The van der Waals surface area contributed by atoms with E-state index in [9.17, 15) is 18.0 Å². The van der Waals surface area contributed by atoms with Crippen LogP contribution in [0.4, 0.5) is 18.9 Å². The Morgan fingerprint density at radius 2 is 1.90 bits per heavy atom.